The minimum atomic E-state index is -0.760. The summed E-state index contributed by atoms with van der Waals surface area (Å²) in [4.78, 5) is 37.9. The third kappa shape index (κ3) is 47.3. The molecule has 350 valence electrons. The number of unbranched alkanes of at least 4 members (excludes halogenated alkanes) is 35. The minimum absolute atomic E-state index is 0.0629. The molecule has 0 N–H and O–H groups in total. The van der Waals surface area contributed by atoms with E-state index in [1.54, 1.807) is 0 Å². The second-order valence-electron chi connectivity index (χ2n) is 18.6. The summed E-state index contributed by atoms with van der Waals surface area (Å²) in [6.07, 6.45) is 49.4. The van der Waals surface area contributed by atoms with Crippen molar-refractivity contribution in [2.75, 3.05) is 13.2 Å². The molecule has 0 rings (SSSR count). The maximum Gasteiger partial charge on any atom is 0.306 e. The third-order valence-electron chi connectivity index (χ3n) is 12.0. The van der Waals surface area contributed by atoms with Crippen molar-refractivity contribution in [1.82, 2.24) is 0 Å². The molecule has 6 nitrogen and oxygen atoms in total. The monoisotopic (exact) mass is 835 g/mol. The van der Waals surface area contributed by atoms with Gasteiger partial charge in [0, 0.05) is 19.3 Å². The van der Waals surface area contributed by atoms with Crippen molar-refractivity contribution < 1.29 is 28.6 Å². The van der Waals surface area contributed by atoms with Crippen LogP contribution >= 0.6 is 0 Å². The van der Waals surface area contributed by atoms with Crippen LogP contribution in [-0.2, 0) is 28.6 Å². The molecule has 0 aliphatic rings. The number of hydrogen-bond donors (Lipinski definition) is 0. The highest BCUT2D eigenvalue weighted by atomic mass is 16.6. The van der Waals surface area contributed by atoms with Crippen LogP contribution in [0.15, 0.2) is 0 Å². The summed E-state index contributed by atoms with van der Waals surface area (Å²) in [5, 5.41) is 0. The van der Waals surface area contributed by atoms with Crippen LogP contribution in [0.4, 0.5) is 0 Å². The van der Waals surface area contributed by atoms with Crippen molar-refractivity contribution in [2.45, 2.75) is 303 Å². The summed E-state index contributed by atoms with van der Waals surface area (Å²) in [6, 6.07) is 0. The predicted octanol–water partition coefficient (Wildman–Crippen LogP) is 17.1. The van der Waals surface area contributed by atoms with Crippen molar-refractivity contribution in [1.29, 1.82) is 0 Å². The van der Waals surface area contributed by atoms with Gasteiger partial charge in [0.2, 0.25) is 0 Å². The maximum absolute atomic E-state index is 12.8. The number of ether oxygens (including phenoxy) is 3. The van der Waals surface area contributed by atoms with Gasteiger partial charge >= 0.3 is 17.9 Å². The van der Waals surface area contributed by atoms with Crippen LogP contribution in [0.5, 0.6) is 0 Å². The van der Waals surface area contributed by atoms with Gasteiger partial charge in [-0.3, -0.25) is 14.4 Å². The molecule has 0 bridgehead atoms. The van der Waals surface area contributed by atoms with Gasteiger partial charge in [-0.25, -0.2) is 0 Å². The van der Waals surface area contributed by atoms with E-state index in [9.17, 15) is 14.4 Å². The molecule has 0 amide bonds. The van der Waals surface area contributed by atoms with Gasteiger partial charge in [0.1, 0.15) is 13.2 Å². The Balaban J connectivity index is 4.27. The van der Waals surface area contributed by atoms with Crippen molar-refractivity contribution in [2.24, 2.45) is 5.92 Å². The molecule has 0 aliphatic heterocycles. The van der Waals surface area contributed by atoms with Gasteiger partial charge in [-0.1, -0.05) is 259 Å². The van der Waals surface area contributed by atoms with Crippen LogP contribution in [0.1, 0.15) is 297 Å². The van der Waals surface area contributed by atoms with Gasteiger partial charge in [-0.15, -0.1) is 0 Å². The number of carbonyl (C=O) groups excluding carboxylic acids is 3. The molecule has 0 aromatic rings. The standard InChI is InChI=1S/C53H102O6/c1-5-7-9-11-13-15-17-18-19-20-21-22-25-30-34-38-42-46-53(56)59-50(47-57-51(54)44-40-36-32-28-16-14-12-10-8-6-2)48-58-52(55)45-41-37-33-29-26-23-24-27-31-35-39-43-49(3)4/h49-50H,5-48H2,1-4H3/t50-/m0/s1. The van der Waals surface area contributed by atoms with E-state index in [0.29, 0.717) is 19.3 Å². The molecule has 0 aliphatic carbocycles. The molecule has 0 heterocycles. The smallest absolute Gasteiger partial charge is 0.306 e. The molecule has 0 aromatic carbocycles. The second kappa shape index (κ2) is 47.5. The third-order valence-corrected chi connectivity index (χ3v) is 12.0. The van der Waals surface area contributed by atoms with E-state index in [1.165, 1.54) is 193 Å². The fourth-order valence-corrected chi connectivity index (χ4v) is 8.04. The zero-order valence-electron chi connectivity index (χ0n) is 40.2. The summed E-state index contributed by atoms with van der Waals surface area (Å²) in [6.45, 7) is 9.02. The first kappa shape index (κ1) is 57.4. The van der Waals surface area contributed by atoms with Gasteiger partial charge in [-0.2, -0.15) is 0 Å². The Morgan fingerprint density at radius 3 is 0.831 bits per heavy atom. The molecular formula is C53H102O6. The lowest BCUT2D eigenvalue weighted by Gasteiger charge is -2.18. The fourth-order valence-electron chi connectivity index (χ4n) is 8.04. The lowest BCUT2D eigenvalue weighted by molar-refractivity contribution is -0.167. The summed E-state index contributed by atoms with van der Waals surface area (Å²) < 4.78 is 16.8. The number of esters is 3. The van der Waals surface area contributed by atoms with E-state index < -0.39 is 6.10 Å². The summed E-state index contributed by atoms with van der Waals surface area (Å²) >= 11 is 0. The Morgan fingerprint density at radius 1 is 0.322 bits per heavy atom. The van der Waals surface area contributed by atoms with Crippen molar-refractivity contribution >= 4 is 17.9 Å². The Labute approximate surface area is 368 Å². The Morgan fingerprint density at radius 2 is 0.559 bits per heavy atom. The van der Waals surface area contributed by atoms with Crippen molar-refractivity contribution in [3.05, 3.63) is 0 Å². The van der Waals surface area contributed by atoms with E-state index in [-0.39, 0.29) is 31.1 Å². The lowest BCUT2D eigenvalue weighted by Crippen LogP contribution is -2.30. The summed E-state index contributed by atoms with van der Waals surface area (Å²) in [5.74, 6) is -0.0177. The van der Waals surface area contributed by atoms with Crippen molar-refractivity contribution in [3.63, 3.8) is 0 Å². The summed E-state index contributed by atoms with van der Waals surface area (Å²) in [5.41, 5.74) is 0. The number of carbonyl (C=O) groups is 3. The van der Waals surface area contributed by atoms with Gasteiger partial charge in [0.25, 0.3) is 0 Å². The Bertz CT molecular complexity index is 887. The molecule has 6 heteroatoms. The molecule has 0 aromatic heterocycles. The van der Waals surface area contributed by atoms with Gasteiger partial charge in [-0.05, 0) is 25.2 Å². The average Bonchev–Trinajstić information content (AvgIpc) is 3.22. The molecule has 0 saturated heterocycles. The summed E-state index contributed by atoms with van der Waals surface area (Å²) in [7, 11) is 0. The highest BCUT2D eigenvalue weighted by molar-refractivity contribution is 5.71. The van der Waals surface area contributed by atoms with Crippen molar-refractivity contribution in [3.8, 4) is 0 Å². The van der Waals surface area contributed by atoms with Gasteiger partial charge < -0.3 is 14.2 Å². The molecule has 0 radical (unpaired) electrons. The Hall–Kier alpha value is -1.59. The van der Waals surface area contributed by atoms with Crippen LogP contribution < -0.4 is 0 Å². The zero-order chi connectivity index (χ0) is 43.1. The highest BCUT2D eigenvalue weighted by Gasteiger charge is 2.19. The first-order chi connectivity index (χ1) is 28.9. The van der Waals surface area contributed by atoms with E-state index in [0.717, 1.165) is 63.7 Å². The van der Waals surface area contributed by atoms with E-state index in [4.69, 9.17) is 14.2 Å². The lowest BCUT2D eigenvalue weighted by atomic mass is 10.0. The van der Waals surface area contributed by atoms with E-state index >= 15 is 0 Å². The number of rotatable bonds is 48. The quantitative estimate of drug-likeness (QED) is 0.0345. The largest absolute Gasteiger partial charge is 0.462 e. The Kier molecular flexibility index (Phi) is 46.2. The van der Waals surface area contributed by atoms with Crippen LogP contribution in [0.25, 0.3) is 0 Å². The molecule has 0 spiro atoms. The van der Waals surface area contributed by atoms with E-state index in [1.807, 2.05) is 0 Å². The van der Waals surface area contributed by atoms with Gasteiger partial charge in [0.15, 0.2) is 6.10 Å². The zero-order valence-corrected chi connectivity index (χ0v) is 40.2. The maximum atomic E-state index is 12.8. The first-order valence-electron chi connectivity index (χ1n) is 26.4. The molecule has 1 atom stereocenters. The molecule has 0 unspecified atom stereocenters. The SMILES string of the molecule is CCCCCCCCCCCCCCCCCCCC(=O)O[C@@H](COC(=O)CCCCCCCCCCCC)COC(=O)CCCCCCCCCCCCCC(C)C. The number of hydrogen-bond acceptors (Lipinski definition) is 6. The van der Waals surface area contributed by atoms with Crippen LogP contribution in [-0.4, -0.2) is 37.2 Å². The van der Waals surface area contributed by atoms with Crippen LogP contribution in [0.3, 0.4) is 0 Å². The average molecular weight is 835 g/mol. The normalized spacial score (nSPS) is 11.9. The topological polar surface area (TPSA) is 78.9 Å². The molecular weight excluding hydrogens is 733 g/mol. The predicted molar refractivity (Wildman–Crippen MR) is 252 cm³/mol. The van der Waals surface area contributed by atoms with Gasteiger partial charge in [0.05, 0.1) is 0 Å². The molecule has 0 saturated carbocycles. The first-order valence-corrected chi connectivity index (χ1v) is 26.4. The highest BCUT2D eigenvalue weighted by Crippen LogP contribution is 2.17. The fraction of sp³-hybridized carbons (Fsp3) is 0.943. The van der Waals surface area contributed by atoms with Crippen LogP contribution in [0.2, 0.25) is 0 Å². The second-order valence-corrected chi connectivity index (χ2v) is 18.6. The van der Waals surface area contributed by atoms with Crippen LogP contribution in [0, 0.1) is 5.92 Å². The molecule has 0 fully saturated rings. The van der Waals surface area contributed by atoms with E-state index in [2.05, 4.69) is 27.7 Å². The minimum Gasteiger partial charge on any atom is -0.462 e. The molecule has 59 heavy (non-hydrogen) atoms.